The molecule has 2 heterocycles. The highest BCUT2D eigenvalue weighted by atomic mass is 16.3. The molecule has 1 N–H and O–H groups in total. The maximum absolute atomic E-state index is 13.5. The first-order chi connectivity index (χ1) is 14.6. The van der Waals surface area contributed by atoms with Gasteiger partial charge in [0, 0.05) is 11.4 Å². The van der Waals surface area contributed by atoms with E-state index in [4.69, 9.17) is 4.42 Å². The topological polar surface area (TPSA) is 70.8 Å². The minimum atomic E-state index is -0.609. The molecule has 1 fully saturated rings. The van der Waals surface area contributed by atoms with Crippen LogP contribution in [0.2, 0.25) is 0 Å². The fourth-order valence-electron chi connectivity index (χ4n) is 4.78. The summed E-state index contributed by atoms with van der Waals surface area (Å²) < 4.78 is 5.77. The van der Waals surface area contributed by atoms with Gasteiger partial charge in [-0.05, 0) is 30.5 Å². The van der Waals surface area contributed by atoms with Crippen LogP contribution in [0.3, 0.4) is 0 Å². The van der Waals surface area contributed by atoms with E-state index in [0.717, 1.165) is 43.1 Å². The average molecular weight is 401 g/mol. The molecule has 1 aromatic heterocycles. The van der Waals surface area contributed by atoms with Gasteiger partial charge in [0.25, 0.3) is 5.91 Å². The number of rotatable bonds is 4. The number of fused-ring (bicyclic) bond motifs is 1. The number of Topliss-reactive ketones (excluding diaryl/α,β-unsaturated/α-hetero) is 1. The highest BCUT2D eigenvalue weighted by molar-refractivity contribution is 6.16. The molecule has 5 nitrogen and oxygen atoms in total. The van der Waals surface area contributed by atoms with Gasteiger partial charge in [-0.2, -0.15) is 0 Å². The van der Waals surface area contributed by atoms with E-state index in [1.165, 1.54) is 0 Å². The molecule has 1 amide bonds. The van der Waals surface area contributed by atoms with Crippen molar-refractivity contribution in [3.8, 4) is 0 Å². The first-order valence-electron chi connectivity index (χ1n) is 10.5. The molecule has 152 valence electrons. The minimum Gasteiger partial charge on any atom is -0.503 e. The van der Waals surface area contributed by atoms with Crippen LogP contribution in [0.5, 0.6) is 0 Å². The largest absolute Gasteiger partial charge is 0.503 e. The Morgan fingerprint density at radius 2 is 1.67 bits per heavy atom. The van der Waals surface area contributed by atoms with E-state index in [-0.39, 0.29) is 17.4 Å². The summed E-state index contributed by atoms with van der Waals surface area (Å²) in [6.45, 7) is 0. The number of ketones is 1. The third-order valence-electron chi connectivity index (χ3n) is 6.22. The molecule has 5 rings (SSSR count). The molecular formula is C25H23NO4. The van der Waals surface area contributed by atoms with Crippen molar-refractivity contribution in [3.63, 3.8) is 0 Å². The molecule has 3 aromatic rings. The summed E-state index contributed by atoms with van der Waals surface area (Å²) in [6, 6.07) is 17.9. The van der Waals surface area contributed by atoms with Gasteiger partial charge in [0.2, 0.25) is 5.78 Å². The Hall–Kier alpha value is -3.34. The molecule has 0 radical (unpaired) electrons. The van der Waals surface area contributed by atoms with Crippen LogP contribution in [-0.4, -0.2) is 27.7 Å². The van der Waals surface area contributed by atoms with Gasteiger partial charge in [0.05, 0.1) is 11.6 Å². The van der Waals surface area contributed by atoms with Crippen LogP contribution in [0, 0.1) is 0 Å². The van der Waals surface area contributed by atoms with Crippen molar-refractivity contribution in [2.24, 2.45) is 0 Å². The number of hydrogen-bond acceptors (Lipinski definition) is 4. The van der Waals surface area contributed by atoms with Crippen LogP contribution < -0.4 is 0 Å². The first-order valence-corrected chi connectivity index (χ1v) is 10.5. The highest BCUT2D eigenvalue weighted by Gasteiger charge is 2.47. The summed E-state index contributed by atoms with van der Waals surface area (Å²) in [4.78, 5) is 28.4. The van der Waals surface area contributed by atoms with E-state index >= 15 is 0 Å². The zero-order chi connectivity index (χ0) is 20.7. The Morgan fingerprint density at radius 1 is 0.967 bits per heavy atom. The third-order valence-corrected chi connectivity index (χ3v) is 6.22. The number of carbonyl (C=O) groups excluding carboxylic acids is 2. The third kappa shape index (κ3) is 3.02. The number of benzene rings is 2. The number of aliphatic hydroxyl groups is 1. The lowest BCUT2D eigenvalue weighted by Crippen LogP contribution is -2.41. The summed E-state index contributed by atoms with van der Waals surface area (Å²) in [7, 11) is 0. The number of furan rings is 1. The predicted octanol–water partition coefficient (Wildman–Crippen LogP) is 5.34. The zero-order valence-corrected chi connectivity index (χ0v) is 16.6. The average Bonchev–Trinajstić information content (AvgIpc) is 3.34. The van der Waals surface area contributed by atoms with Gasteiger partial charge in [0.1, 0.15) is 5.58 Å². The van der Waals surface area contributed by atoms with Crippen molar-refractivity contribution in [2.75, 3.05) is 0 Å². The predicted molar refractivity (Wildman–Crippen MR) is 113 cm³/mol. The Labute approximate surface area is 174 Å². The van der Waals surface area contributed by atoms with Crippen LogP contribution >= 0.6 is 0 Å². The van der Waals surface area contributed by atoms with Gasteiger partial charge in [-0.3, -0.25) is 9.59 Å². The fraction of sp³-hybridized carbons (Fsp3) is 0.280. The number of hydrogen-bond donors (Lipinski definition) is 1. The number of para-hydroxylation sites is 1. The second-order valence-corrected chi connectivity index (χ2v) is 8.06. The number of nitrogens with zero attached hydrogens (tertiary/aromatic N) is 1. The van der Waals surface area contributed by atoms with Gasteiger partial charge >= 0.3 is 0 Å². The normalized spacial score (nSPS) is 20.3. The number of carbonyl (C=O) groups is 2. The summed E-state index contributed by atoms with van der Waals surface area (Å²) in [6.07, 6.45) is 5.01. The molecule has 1 aliphatic carbocycles. The molecule has 2 aromatic carbocycles. The second-order valence-electron chi connectivity index (χ2n) is 8.06. The van der Waals surface area contributed by atoms with E-state index in [0.29, 0.717) is 5.58 Å². The smallest absolute Gasteiger partial charge is 0.290 e. The molecular weight excluding hydrogens is 378 g/mol. The van der Waals surface area contributed by atoms with Crippen LogP contribution in [0.1, 0.15) is 54.3 Å². The quantitative estimate of drug-likeness (QED) is 0.599. The highest BCUT2D eigenvalue weighted by Crippen LogP contribution is 2.43. The second kappa shape index (κ2) is 7.48. The minimum absolute atomic E-state index is 0.0135. The molecule has 30 heavy (non-hydrogen) atoms. The molecule has 1 unspecified atom stereocenters. The van der Waals surface area contributed by atoms with Crippen molar-refractivity contribution in [1.29, 1.82) is 0 Å². The maximum Gasteiger partial charge on any atom is 0.290 e. The van der Waals surface area contributed by atoms with Gasteiger partial charge < -0.3 is 14.4 Å². The van der Waals surface area contributed by atoms with Crippen molar-refractivity contribution in [1.82, 2.24) is 4.90 Å². The molecule has 0 spiro atoms. The van der Waals surface area contributed by atoms with E-state index in [1.807, 2.05) is 48.5 Å². The van der Waals surface area contributed by atoms with E-state index in [9.17, 15) is 14.7 Å². The summed E-state index contributed by atoms with van der Waals surface area (Å²) in [5.74, 6) is -1.23. The van der Waals surface area contributed by atoms with Gasteiger partial charge in [-0.25, -0.2) is 0 Å². The maximum atomic E-state index is 13.5. The molecule has 0 saturated heterocycles. The van der Waals surface area contributed by atoms with Gasteiger partial charge in [-0.1, -0.05) is 67.8 Å². The van der Waals surface area contributed by atoms with Crippen molar-refractivity contribution in [3.05, 3.63) is 83.3 Å². The van der Waals surface area contributed by atoms with Crippen molar-refractivity contribution in [2.45, 2.75) is 44.2 Å². The van der Waals surface area contributed by atoms with E-state index in [1.54, 1.807) is 17.0 Å². The lowest BCUT2D eigenvalue weighted by Gasteiger charge is -2.36. The Bertz CT molecular complexity index is 1110. The summed E-state index contributed by atoms with van der Waals surface area (Å²) in [5, 5.41) is 11.6. The van der Waals surface area contributed by atoms with Gasteiger partial charge in [-0.15, -0.1) is 0 Å². The molecule has 1 saturated carbocycles. The molecule has 2 aliphatic rings. The molecule has 1 aliphatic heterocycles. The van der Waals surface area contributed by atoms with E-state index < -0.39 is 23.5 Å². The van der Waals surface area contributed by atoms with Gasteiger partial charge in [0.15, 0.2) is 11.5 Å². The molecule has 0 bridgehead atoms. The molecule has 1 atom stereocenters. The van der Waals surface area contributed by atoms with Crippen LogP contribution in [0.4, 0.5) is 0 Å². The Morgan fingerprint density at radius 3 is 2.40 bits per heavy atom. The SMILES string of the molecule is O=C(C1=C(O)C(=O)N(C2CCCCC2)C1c1ccccc1)c1cc2ccccc2o1. The van der Waals surface area contributed by atoms with Crippen LogP contribution in [0.15, 0.2) is 76.4 Å². The van der Waals surface area contributed by atoms with Crippen molar-refractivity contribution < 1.29 is 19.1 Å². The van der Waals surface area contributed by atoms with Crippen LogP contribution in [0.25, 0.3) is 11.0 Å². The molecule has 5 heteroatoms. The number of amides is 1. The lowest BCUT2D eigenvalue weighted by atomic mass is 9.90. The lowest BCUT2D eigenvalue weighted by molar-refractivity contribution is -0.132. The van der Waals surface area contributed by atoms with E-state index in [2.05, 4.69) is 0 Å². The summed E-state index contributed by atoms with van der Waals surface area (Å²) in [5.41, 5.74) is 1.53. The Kier molecular flexibility index (Phi) is 4.66. The van der Waals surface area contributed by atoms with Crippen molar-refractivity contribution >= 4 is 22.7 Å². The van der Waals surface area contributed by atoms with Crippen LogP contribution in [-0.2, 0) is 4.79 Å². The summed E-state index contributed by atoms with van der Waals surface area (Å²) >= 11 is 0. The fourth-order valence-corrected chi connectivity index (χ4v) is 4.78. The zero-order valence-electron chi connectivity index (χ0n) is 16.6. The standard InChI is InChI=1S/C25H23NO4/c27-23(20-15-17-11-7-8-14-19(17)30-20)21-22(16-9-3-1-4-10-16)26(25(29)24(21)28)18-12-5-2-6-13-18/h1,3-4,7-11,14-15,18,22,28H,2,5-6,12-13H2. The monoisotopic (exact) mass is 401 g/mol. The number of aliphatic hydroxyl groups excluding tert-OH is 1. The first kappa shape index (κ1) is 18.7. The Balaban J connectivity index is 1.60.